The standard InChI is InChI=1S/C46H45F2N5O4S/c1-45(2)18-9-19-46(3,32-13-8-12-30(23-32)22-31-24-40(54)53(43(31)55)56-27-29-10-6-5-7-11-29)44-50-42(52(4)51-44)36-25-33(14-15-37(36)47)57-41-35(17-21-58-28-45)34-16-20-49-39(34)26-38(41)48/h5-8,10-16,20,22-23,25-26,49H,9,17-19,21,24,27-28H2,1-4H3/b31-22-. The summed E-state index contributed by atoms with van der Waals surface area (Å²) in [5.74, 6) is 0.963. The maximum absolute atomic E-state index is 15.8. The number of hydrogen-bond donors (Lipinski definition) is 1. The third-order valence-electron chi connectivity index (χ3n) is 11.1. The van der Waals surface area contributed by atoms with Crippen LogP contribution in [0.3, 0.4) is 0 Å². The van der Waals surface area contributed by atoms with E-state index in [1.54, 1.807) is 30.1 Å². The Kier molecular flexibility index (Phi) is 10.8. The lowest BCUT2D eigenvalue weighted by Crippen LogP contribution is -2.29. The number of hydroxylamine groups is 2. The molecule has 1 unspecified atom stereocenters. The van der Waals surface area contributed by atoms with Crippen molar-refractivity contribution in [3.63, 3.8) is 0 Å². The molecule has 6 aromatic rings. The van der Waals surface area contributed by atoms with Crippen LogP contribution in [0.15, 0.2) is 96.7 Å². The molecule has 4 aromatic carbocycles. The summed E-state index contributed by atoms with van der Waals surface area (Å²) in [6.07, 6.45) is 6.50. The molecule has 1 N–H and O–H groups in total. The highest BCUT2D eigenvalue weighted by Crippen LogP contribution is 2.41. The number of carbonyl (C=O) groups excluding carboxylic acids is 2. The molecular formula is C46H45F2N5O4S. The van der Waals surface area contributed by atoms with E-state index in [9.17, 15) is 9.59 Å². The highest BCUT2D eigenvalue weighted by Gasteiger charge is 2.37. The molecule has 2 aliphatic heterocycles. The van der Waals surface area contributed by atoms with Gasteiger partial charge in [-0.25, -0.2) is 18.4 Å². The molecule has 0 aliphatic carbocycles. The minimum Gasteiger partial charge on any atom is -0.454 e. The molecule has 2 aromatic heterocycles. The van der Waals surface area contributed by atoms with E-state index < -0.39 is 28.9 Å². The molecular weight excluding hydrogens is 757 g/mol. The zero-order valence-corrected chi connectivity index (χ0v) is 33.8. The number of halogens is 2. The highest BCUT2D eigenvalue weighted by molar-refractivity contribution is 7.99. The van der Waals surface area contributed by atoms with E-state index in [1.165, 1.54) is 18.2 Å². The van der Waals surface area contributed by atoms with Gasteiger partial charge in [-0.1, -0.05) is 74.9 Å². The predicted octanol–water partition coefficient (Wildman–Crippen LogP) is 10.1. The van der Waals surface area contributed by atoms with E-state index in [2.05, 4.69) is 25.8 Å². The van der Waals surface area contributed by atoms with E-state index >= 15 is 8.78 Å². The number of imide groups is 1. The normalized spacial score (nSPS) is 19.6. The van der Waals surface area contributed by atoms with E-state index in [4.69, 9.17) is 19.7 Å². The van der Waals surface area contributed by atoms with Crippen molar-refractivity contribution in [3.8, 4) is 22.9 Å². The molecule has 4 heterocycles. The average molecular weight is 802 g/mol. The van der Waals surface area contributed by atoms with Gasteiger partial charge < -0.3 is 9.72 Å². The molecule has 1 fully saturated rings. The molecule has 2 amide bonds. The van der Waals surface area contributed by atoms with Gasteiger partial charge >= 0.3 is 0 Å². The second-order valence-electron chi connectivity index (χ2n) is 16.1. The summed E-state index contributed by atoms with van der Waals surface area (Å²) in [4.78, 5) is 40.1. The van der Waals surface area contributed by atoms with Gasteiger partial charge in [-0.3, -0.25) is 14.4 Å². The Morgan fingerprint density at radius 2 is 1.79 bits per heavy atom. The van der Waals surface area contributed by atoms with Crippen molar-refractivity contribution in [1.29, 1.82) is 0 Å². The largest absolute Gasteiger partial charge is 0.454 e. The first kappa shape index (κ1) is 39.2. The van der Waals surface area contributed by atoms with Crippen LogP contribution in [-0.2, 0) is 39.9 Å². The molecule has 1 saturated heterocycles. The van der Waals surface area contributed by atoms with Gasteiger partial charge in [0.15, 0.2) is 23.2 Å². The Morgan fingerprint density at radius 1 is 0.966 bits per heavy atom. The van der Waals surface area contributed by atoms with Crippen molar-refractivity contribution in [2.45, 2.75) is 64.9 Å². The van der Waals surface area contributed by atoms with Crippen LogP contribution in [0.2, 0.25) is 0 Å². The third kappa shape index (κ3) is 7.95. The van der Waals surface area contributed by atoms with Crippen LogP contribution in [0.1, 0.15) is 74.5 Å². The maximum atomic E-state index is 15.8. The number of aryl methyl sites for hydroxylation is 2. The minimum absolute atomic E-state index is 0.0128. The second kappa shape index (κ2) is 16.0. The Bertz CT molecular complexity index is 2550. The number of aromatic nitrogens is 4. The number of carbonyl (C=O) groups is 2. The molecule has 4 bridgehead atoms. The Labute approximate surface area is 340 Å². The smallest absolute Gasteiger partial charge is 0.281 e. The Balaban J connectivity index is 1.15. The van der Waals surface area contributed by atoms with Gasteiger partial charge in [0.1, 0.15) is 18.2 Å². The number of benzene rings is 4. The number of nitrogens with one attached hydrogen (secondary N) is 1. The van der Waals surface area contributed by atoms with Gasteiger partial charge in [0.2, 0.25) is 0 Å². The van der Waals surface area contributed by atoms with E-state index in [-0.39, 0.29) is 35.5 Å². The van der Waals surface area contributed by atoms with Crippen molar-refractivity contribution in [1.82, 2.24) is 24.8 Å². The number of hydrogen-bond acceptors (Lipinski definition) is 7. The first-order valence-corrected chi connectivity index (χ1v) is 20.6. The van der Waals surface area contributed by atoms with Crippen LogP contribution < -0.4 is 4.74 Å². The van der Waals surface area contributed by atoms with E-state index in [0.29, 0.717) is 35.6 Å². The van der Waals surface area contributed by atoms with Gasteiger partial charge in [0, 0.05) is 41.4 Å². The van der Waals surface area contributed by atoms with Crippen molar-refractivity contribution < 1.29 is 27.9 Å². The van der Waals surface area contributed by atoms with Gasteiger partial charge in [-0.05, 0) is 90.1 Å². The van der Waals surface area contributed by atoms with Crippen LogP contribution in [-0.4, -0.2) is 48.1 Å². The lowest BCUT2D eigenvalue weighted by Gasteiger charge is -2.30. The van der Waals surface area contributed by atoms with Crippen molar-refractivity contribution in [3.05, 3.63) is 136 Å². The molecule has 58 heavy (non-hydrogen) atoms. The SMILES string of the molecule is Cn1nc2nc1-c1cc(ccc1F)Oc1c(F)cc3[nH]ccc3c1CCSCC(C)(C)CCCC2(C)c1cccc(/C=C2/CC(=O)N(OCc3ccccc3)C2=O)c1. The summed E-state index contributed by atoms with van der Waals surface area (Å²) in [5.41, 5.74) is 3.73. The number of thioether (sulfide) groups is 1. The molecule has 1 atom stereocenters. The van der Waals surface area contributed by atoms with Gasteiger partial charge in [0.25, 0.3) is 11.8 Å². The van der Waals surface area contributed by atoms with E-state index in [1.807, 2.05) is 72.4 Å². The summed E-state index contributed by atoms with van der Waals surface area (Å²) in [7, 11) is 1.73. The van der Waals surface area contributed by atoms with Crippen LogP contribution in [0.25, 0.3) is 28.4 Å². The number of aromatic amines is 1. The van der Waals surface area contributed by atoms with Crippen molar-refractivity contribution >= 4 is 40.6 Å². The summed E-state index contributed by atoms with van der Waals surface area (Å²) in [5, 5.41) is 6.66. The summed E-state index contributed by atoms with van der Waals surface area (Å²) in [6, 6.07) is 24.9. The Morgan fingerprint density at radius 3 is 2.62 bits per heavy atom. The molecule has 2 aliphatic rings. The lowest BCUT2D eigenvalue weighted by atomic mass is 9.75. The number of fused-ring (bicyclic) bond motifs is 8. The summed E-state index contributed by atoms with van der Waals surface area (Å²) >= 11 is 1.83. The number of ether oxygens (including phenoxy) is 1. The van der Waals surface area contributed by atoms with Crippen LogP contribution in [0.5, 0.6) is 11.5 Å². The summed E-state index contributed by atoms with van der Waals surface area (Å²) in [6.45, 7) is 6.73. The quantitative estimate of drug-likeness (QED) is 0.137. The highest BCUT2D eigenvalue weighted by atomic mass is 32.2. The zero-order valence-electron chi connectivity index (χ0n) is 33.0. The zero-order chi connectivity index (χ0) is 40.6. The molecule has 12 heteroatoms. The number of amides is 2. The van der Waals surface area contributed by atoms with Gasteiger partial charge in [-0.2, -0.15) is 16.9 Å². The number of H-pyrrole nitrogens is 1. The molecule has 298 valence electrons. The monoisotopic (exact) mass is 801 g/mol. The molecule has 0 radical (unpaired) electrons. The fraction of sp³-hybridized carbons (Fsp3) is 0.304. The minimum atomic E-state index is -0.728. The van der Waals surface area contributed by atoms with Gasteiger partial charge in [-0.15, -0.1) is 5.06 Å². The van der Waals surface area contributed by atoms with Crippen molar-refractivity contribution in [2.75, 3.05) is 11.5 Å². The second-order valence-corrected chi connectivity index (χ2v) is 17.2. The Hall–Kier alpha value is -5.59. The fourth-order valence-electron chi connectivity index (χ4n) is 7.88. The van der Waals surface area contributed by atoms with Crippen LogP contribution in [0, 0.1) is 17.0 Å². The third-order valence-corrected chi connectivity index (χ3v) is 12.6. The number of nitrogens with zero attached hydrogens (tertiary/aromatic N) is 4. The topological polar surface area (TPSA) is 102 Å². The molecule has 8 rings (SSSR count). The molecule has 0 saturated carbocycles. The predicted molar refractivity (Wildman–Crippen MR) is 222 cm³/mol. The number of rotatable bonds is 5. The van der Waals surface area contributed by atoms with E-state index in [0.717, 1.165) is 57.1 Å². The van der Waals surface area contributed by atoms with Gasteiger partial charge in [0.05, 0.1) is 17.4 Å². The first-order valence-electron chi connectivity index (χ1n) is 19.5. The first-order chi connectivity index (χ1) is 27.9. The summed E-state index contributed by atoms with van der Waals surface area (Å²) < 4.78 is 39.4. The van der Waals surface area contributed by atoms with Crippen LogP contribution in [0.4, 0.5) is 8.78 Å². The molecule has 9 nitrogen and oxygen atoms in total. The maximum Gasteiger partial charge on any atom is 0.281 e. The average Bonchev–Trinajstić information content (AvgIpc) is 3.90. The molecule has 0 spiro atoms. The van der Waals surface area contributed by atoms with Crippen LogP contribution >= 0.6 is 11.8 Å². The fourth-order valence-corrected chi connectivity index (χ4v) is 9.07. The van der Waals surface area contributed by atoms with Crippen molar-refractivity contribution in [2.24, 2.45) is 12.5 Å². The lowest BCUT2D eigenvalue weighted by molar-refractivity contribution is -0.190.